The zero-order chi connectivity index (χ0) is 15.1. The third kappa shape index (κ3) is 5.84. The lowest BCUT2D eigenvalue weighted by Gasteiger charge is -2.23. The zero-order valence-electron chi connectivity index (χ0n) is 11.4. The fourth-order valence-electron chi connectivity index (χ4n) is 1.75. The van der Waals surface area contributed by atoms with Crippen molar-refractivity contribution >= 4 is 35.2 Å². The summed E-state index contributed by atoms with van der Waals surface area (Å²) in [7, 11) is 0. The van der Waals surface area contributed by atoms with Crippen LogP contribution >= 0.6 is 23.4 Å². The van der Waals surface area contributed by atoms with Gasteiger partial charge in [-0.15, -0.1) is 11.8 Å². The topological polar surface area (TPSA) is 66.4 Å². The maximum atomic E-state index is 11.8. The quantitative estimate of drug-likeness (QED) is 0.812. The molecule has 2 N–H and O–H groups in total. The summed E-state index contributed by atoms with van der Waals surface area (Å²) in [6.45, 7) is 4.04. The van der Waals surface area contributed by atoms with Gasteiger partial charge in [0.2, 0.25) is 5.91 Å². The van der Waals surface area contributed by atoms with Crippen molar-refractivity contribution in [3.05, 3.63) is 34.9 Å². The Bertz CT molecular complexity index is 462. The van der Waals surface area contributed by atoms with Gasteiger partial charge in [-0.2, -0.15) is 0 Å². The van der Waals surface area contributed by atoms with Gasteiger partial charge in [0.05, 0.1) is 17.5 Å². The summed E-state index contributed by atoms with van der Waals surface area (Å²) in [6.07, 6.45) is 0. The summed E-state index contributed by atoms with van der Waals surface area (Å²) in [5, 5.41) is 12.1. The molecule has 0 saturated carbocycles. The standard InChI is InChI=1S/C14H18ClNO3S/c1-9(2)14(10-3-5-11(15)6-4-10)16-12(17)7-20-8-13(18)19/h3-6,9,14H,7-8H2,1-2H3,(H,16,17)(H,18,19). The number of carboxylic acids is 1. The number of halogens is 1. The molecule has 0 aliphatic heterocycles. The van der Waals surface area contributed by atoms with E-state index in [0.29, 0.717) is 5.02 Å². The molecule has 1 aromatic rings. The molecule has 20 heavy (non-hydrogen) atoms. The van der Waals surface area contributed by atoms with E-state index in [0.717, 1.165) is 17.3 Å². The molecular formula is C14H18ClNO3S. The molecule has 0 aliphatic rings. The van der Waals surface area contributed by atoms with Gasteiger partial charge in [-0.3, -0.25) is 9.59 Å². The molecule has 0 fully saturated rings. The number of aliphatic carboxylic acids is 1. The Balaban J connectivity index is 2.61. The van der Waals surface area contributed by atoms with Crippen LogP contribution in [0.3, 0.4) is 0 Å². The molecule has 1 unspecified atom stereocenters. The minimum atomic E-state index is -0.916. The van der Waals surface area contributed by atoms with Gasteiger partial charge >= 0.3 is 5.97 Å². The average molecular weight is 316 g/mol. The van der Waals surface area contributed by atoms with E-state index >= 15 is 0 Å². The molecule has 0 aromatic heterocycles. The van der Waals surface area contributed by atoms with E-state index in [-0.39, 0.29) is 29.4 Å². The molecule has 1 amide bonds. The minimum Gasteiger partial charge on any atom is -0.481 e. The number of amides is 1. The fourth-order valence-corrected chi connectivity index (χ4v) is 2.42. The number of carbonyl (C=O) groups is 2. The lowest BCUT2D eigenvalue weighted by atomic mass is 9.96. The molecule has 1 atom stereocenters. The highest BCUT2D eigenvalue weighted by atomic mass is 35.5. The van der Waals surface area contributed by atoms with Crippen LogP contribution in [-0.2, 0) is 9.59 Å². The predicted molar refractivity (Wildman–Crippen MR) is 82.1 cm³/mol. The average Bonchev–Trinajstić information content (AvgIpc) is 2.36. The van der Waals surface area contributed by atoms with Crippen molar-refractivity contribution in [1.29, 1.82) is 0 Å². The molecule has 0 saturated heterocycles. The zero-order valence-corrected chi connectivity index (χ0v) is 13.0. The number of benzene rings is 1. The first-order valence-electron chi connectivity index (χ1n) is 6.24. The molecule has 1 rings (SSSR count). The molecule has 0 spiro atoms. The van der Waals surface area contributed by atoms with E-state index in [1.165, 1.54) is 0 Å². The largest absolute Gasteiger partial charge is 0.481 e. The van der Waals surface area contributed by atoms with E-state index in [1.54, 1.807) is 12.1 Å². The van der Waals surface area contributed by atoms with Crippen molar-refractivity contribution in [3.63, 3.8) is 0 Å². The van der Waals surface area contributed by atoms with Crippen LogP contribution in [-0.4, -0.2) is 28.5 Å². The smallest absolute Gasteiger partial charge is 0.313 e. The maximum Gasteiger partial charge on any atom is 0.313 e. The van der Waals surface area contributed by atoms with Crippen molar-refractivity contribution in [3.8, 4) is 0 Å². The number of carboxylic acid groups (broad SMARTS) is 1. The Morgan fingerprint density at radius 1 is 1.25 bits per heavy atom. The summed E-state index contributed by atoms with van der Waals surface area (Å²) >= 11 is 6.94. The fraction of sp³-hybridized carbons (Fsp3) is 0.429. The van der Waals surface area contributed by atoms with Crippen LogP contribution in [0.4, 0.5) is 0 Å². The van der Waals surface area contributed by atoms with E-state index in [1.807, 2.05) is 26.0 Å². The normalized spacial score (nSPS) is 12.2. The molecule has 0 bridgehead atoms. The van der Waals surface area contributed by atoms with Gasteiger partial charge in [0.1, 0.15) is 0 Å². The second-order valence-corrected chi connectivity index (χ2v) is 6.15. The van der Waals surface area contributed by atoms with E-state index in [2.05, 4.69) is 5.32 Å². The van der Waals surface area contributed by atoms with Gasteiger partial charge in [0.15, 0.2) is 0 Å². The van der Waals surface area contributed by atoms with E-state index in [4.69, 9.17) is 16.7 Å². The Hall–Kier alpha value is -1.20. The van der Waals surface area contributed by atoms with Crippen molar-refractivity contribution in [1.82, 2.24) is 5.32 Å². The lowest BCUT2D eigenvalue weighted by Crippen LogP contribution is -2.33. The summed E-state index contributed by atoms with van der Waals surface area (Å²) < 4.78 is 0. The number of thioether (sulfide) groups is 1. The summed E-state index contributed by atoms with van der Waals surface area (Å²) in [6, 6.07) is 7.25. The first-order chi connectivity index (χ1) is 9.40. The highest BCUT2D eigenvalue weighted by Crippen LogP contribution is 2.23. The van der Waals surface area contributed by atoms with Crippen LogP contribution in [0.25, 0.3) is 0 Å². The van der Waals surface area contributed by atoms with Gasteiger partial charge in [-0.25, -0.2) is 0 Å². The molecule has 110 valence electrons. The van der Waals surface area contributed by atoms with Gasteiger partial charge in [-0.05, 0) is 23.6 Å². The van der Waals surface area contributed by atoms with Crippen molar-refractivity contribution in [2.24, 2.45) is 5.92 Å². The van der Waals surface area contributed by atoms with Crippen LogP contribution in [0.5, 0.6) is 0 Å². The molecule has 6 heteroatoms. The molecule has 0 aliphatic carbocycles. The molecule has 0 heterocycles. The van der Waals surface area contributed by atoms with E-state index in [9.17, 15) is 9.59 Å². The number of rotatable bonds is 7. The van der Waals surface area contributed by atoms with Gasteiger partial charge < -0.3 is 10.4 Å². The Kier molecular flexibility index (Phi) is 6.88. The van der Waals surface area contributed by atoms with Gasteiger partial charge in [-0.1, -0.05) is 37.6 Å². The monoisotopic (exact) mass is 315 g/mol. The van der Waals surface area contributed by atoms with Crippen molar-refractivity contribution in [2.45, 2.75) is 19.9 Å². The Morgan fingerprint density at radius 2 is 1.85 bits per heavy atom. The second-order valence-electron chi connectivity index (χ2n) is 4.73. The predicted octanol–water partition coefficient (Wildman–Crippen LogP) is 2.97. The van der Waals surface area contributed by atoms with Crippen LogP contribution in [0, 0.1) is 5.92 Å². The molecular weight excluding hydrogens is 298 g/mol. The second kappa shape index (κ2) is 8.17. The lowest BCUT2D eigenvalue weighted by molar-refractivity contribution is -0.133. The van der Waals surface area contributed by atoms with Gasteiger partial charge in [0, 0.05) is 5.02 Å². The van der Waals surface area contributed by atoms with Crippen LogP contribution < -0.4 is 5.32 Å². The maximum absolute atomic E-state index is 11.8. The first-order valence-corrected chi connectivity index (χ1v) is 7.77. The Morgan fingerprint density at radius 3 is 2.35 bits per heavy atom. The number of nitrogens with one attached hydrogen (secondary N) is 1. The number of carbonyl (C=O) groups excluding carboxylic acids is 1. The Labute approximate surface area is 127 Å². The molecule has 4 nitrogen and oxygen atoms in total. The third-order valence-corrected chi connectivity index (χ3v) is 3.84. The SMILES string of the molecule is CC(C)C(NC(=O)CSCC(=O)O)c1ccc(Cl)cc1. The summed E-state index contributed by atoms with van der Waals surface area (Å²) in [5.41, 5.74) is 0.987. The van der Waals surface area contributed by atoms with Crippen LogP contribution in [0.2, 0.25) is 5.02 Å². The van der Waals surface area contributed by atoms with Crippen molar-refractivity contribution < 1.29 is 14.7 Å². The van der Waals surface area contributed by atoms with E-state index < -0.39 is 5.97 Å². The minimum absolute atomic E-state index is 0.0687. The highest BCUT2D eigenvalue weighted by molar-refractivity contribution is 8.00. The third-order valence-electron chi connectivity index (χ3n) is 2.67. The number of hydrogen-bond acceptors (Lipinski definition) is 3. The molecule has 0 radical (unpaired) electrons. The molecule has 1 aromatic carbocycles. The van der Waals surface area contributed by atoms with Gasteiger partial charge in [0.25, 0.3) is 0 Å². The van der Waals surface area contributed by atoms with Crippen molar-refractivity contribution in [2.75, 3.05) is 11.5 Å². The summed E-state index contributed by atoms with van der Waals surface area (Å²) in [4.78, 5) is 22.2. The van der Waals surface area contributed by atoms with Crippen LogP contribution in [0.1, 0.15) is 25.5 Å². The number of hydrogen-bond donors (Lipinski definition) is 2. The first kappa shape index (κ1) is 16.9. The summed E-state index contributed by atoms with van der Waals surface area (Å²) in [5.74, 6) is -0.778. The van der Waals surface area contributed by atoms with Crippen LogP contribution in [0.15, 0.2) is 24.3 Å². The highest BCUT2D eigenvalue weighted by Gasteiger charge is 2.18.